The lowest BCUT2D eigenvalue weighted by Crippen LogP contribution is -2.23. The van der Waals surface area contributed by atoms with Crippen LogP contribution in [0.4, 0.5) is 5.69 Å². The highest BCUT2D eigenvalue weighted by molar-refractivity contribution is 5.49. The minimum atomic E-state index is 0.398. The molecule has 2 heteroatoms. The van der Waals surface area contributed by atoms with Crippen molar-refractivity contribution in [2.45, 2.75) is 45.1 Å². The summed E-state index contributed by atoms with van der Waals surface area (Å²) in [6.07, 6.45) is 8.63. The SMILES string of the molecule is Cc1ncccc1NC(c1ccccc1)C1CCCCC1. The van der Waals surface area contributed by atoms with Crippen molar-refractivity contribution in [2.75, 3.05) is 5.32 Å². The first kappa shape index (κ1) is 14.1. The predicted molar refractivity (Wildman–Crippen MR) is 88.4 cm³/mol. The Balaban J connectivity index is 1.87. The van der Waals surface area contributed by atoms with Crippen LogP contribution in [0.15, 0.2) is 48.7 Å². The lowest BCUT2D eigenvalue weighted by molar-refractivity contribution is 0.321. The fourth-order valence-electron chi connectivity index (χ4n) is 3.41. The second-order valence-corrected chi connectivity index (χ2v) is 6.07. The van der Waals surface area contributed by atoms with E-state index in [4.69, 9.17) is 0 Å². The van der Waals surface area contributed by atoms with Gasteiger partial charge in [-0.3, -0.25) is 4.98 Å². The van der Waals surface area contributed by atoms with Gasteiger partial charge in [0.25, 0.3) is 0 Å². The number of nitrogens with one attached hydrogen (secondary N) is 1. The zero-order valence-corrected chi connectivity index (χ0v) is 12.8. The fraction of sp³-hybridized carbons (Fsp3) is 0.421. The molecule has 1 atom stereocenters. The minimum Gasteiger partial charge on any atom is -0.376 e. The molecule has 0 saturated heterocycles. The maximum absolute atomic E-state index is 4.41. The Morgan fingerprint density at radius 2 is 1.76 bits per heavy atom. The average Bonchev–Trinajstić information content (AvgIpc) is 2.56. The molecule has 0 radical (unpaired) electrons. The largest absolute Gasteiger partial charge is 0.376 e. The zero-order valence-electron chi connectivity index (χ0n) is 12.8. The van der Waals surface area contributed by atoms with Crippen molar-refractivity contribution < 1.29 is 0 Å². The molecule has 1 N–H and O–H groups in total. The Kier molecular flexibility index (Phi) is 4.54. The van der Waals surface area contributed by atoms with Gasteiger partial charge in [-0.1, -0.05) is 49.6 Å². The smallest absolute Gasteiger partial charge is 0.0603 e. The van der Waals surface area contributed by atoms with Crippen LogP contribution in [0.3, 0.4) is 0 Å². The molecule has 0 amide bonds. The Morgan fingerprint density at radius 3 is 2.48 bits per heavy atom. The molecule has 21 heavy (non-hydrogen) atoms. The van der Waals surface area contributed by atoms with Crippen LogP contribution in [-0.4, -0.2) is 4.98 Å². The van der Waals surface area contributed by atoms with Crippen LogP contribution in [-0.2, 0) is 0 Å². The first-order chi connectivity index (χ1) is 10.3. The number of rotatable bonds is 4. The summed E-state index contributed by atoms with van der Waals surface area (Å²) in [6.45, 7) is 2.07. The van der Waals surface area contributed by atoms with Gasteiger partial charge in [-0.2, -0.15) is 0 Å². The third kappa shape index (κ3) is 3.44. The third-order valence-corrected chi connectivity index (χ3v) is 4.60. The Hall–Kier alpha value is -1.83. The number of hydrogen-bond acceptors (Lipinski definition) is 2. The summed E-state index contributed by atoms with van der Waals surface area (Å²) in [6, 6.07) is 15.4. The number of benzene rings is 1. The summed E-state index contributed by atoms with van der Waals surface area (Å²) >= 11 is 0. The van der Waals surface area contributed by atoms with Gasteiger partial charge in [-0.05, 0) is 43.4 Å². The number of aryl methyl sites for hydroxylation is 1. The molecular weight excluding hydrogens is 256 g/mol. The Bertz CT molecular complexity index is 559. The molecule has 1 saturated carbocycles. The van der Waals surface area contributed by atoms with Crippen LogP contribution in [0.1, 0.15) is 49.4 Å². The Labute approximate surface area is 127 Å². The third-order valence-electron chi connectivity index (χ3n) is 4.60. The van der Waals surface area contributed by atoms with Crippen LogP contribution >= 0.6 is 0 Å². The maximum Gasteiger partial charge on any atom is 0.0603 e. The number of anilines is 1. The van der Waals surface area contributed by atoms with Crippen molar-refractivity contribution in [3.05, 3.63) is 59.9 Å². The molecule has 1 aromatic carbocycles. The number of nitrogens with zero attached hydrogens (tertiary/aromatic N) is 1. The average molecular weight is 280 g/mol. The van der Waals surface area contributed by atoms with Gasteiger partial charge in [0.15, 0.2) is 0 Å². The van der Waals surface area contributed by atoms with Crippen LogP contribution in [0, 0.1) is 12.8 Å². The molecule has 3 rings (SSSR count). The summed E-state index contributed by atoms with van der Waals surface area (Å²) in [4.78, 5) is 4.41. The zero-order chi connectivity index (χ0) is 14.5. The first-order valence-electron chi connectivity index (χ1n) is 8.08. The van der Waals surface area contributed by atoms with Crippen molar-refractivity contribution in [2.24, 2.45) is 5.92 Å². The highest BCUT2D eigenvalue weighted by atomic mass is 14.9. The normalized spacial score (nSPS) is 17.4. The molecule has 1 heterocycles. The first-order valence-corrected chi connectivity index (χ1v) is 8.08. The summed E-state index contributed by atoms with van der Waals surface area (Å²) in [5, 5.41) is 3.77. The van der Waals surface area contributed by atoms with Gasteiger partial charge in [-0.25, -0.2) is 0 Å². The number of pyridine rings is 1. The van der Waals surface area contributed by atoms with Gasteiger partial charge < -0.3 is 5.32 Å². The van der Waals surface area contributed by atoms with E-state index in [1.54, 1.807) is 0 Å². The summed E-state index contributed by atoms with van der Waals surface area (Å²) < 4.78 is 0. The lowest BCUT2D eigenvalue weighted by atomic mass is 9.81. The summed E-state index contributed by atoms with van der Waals surface area (Å²) in [5.41, 5.74) is 3.64. The lowest BCUT2D eigenvalue weighted by Gasteiger charge is -2.32. The van der Waals surface area contributed by atoms with E-state index in [9.17, 15) is 0 Å². The molecule has 2 aromatic rings. The minimum absolute atomic E-state index is 0.398. The van der Waals surface area contributed by atoms with Crippen molar-refractivity contribution >= 4 is 5.69 Å². The van der Waals surface area contributed by atoms with E-state index in [1.807, 2.05) is 12.3 Å². The predicted octanol–water partition coefficient (Wildman–Crippen LogP) is 5.12. The van der Waals surface area contributed by atoms with Crippen molar-refractivity contribution in [1.29, 1.82) is 0 Å². The van der Waals surface area contributed by atoms with E-state index < -0.39 is 0 Å². The molecule has 1 aromatic heterocycles. The van der Waals surface area contributed by atoms with Gasteiger partial charge in [-0.15, -0.1) is 0 Å². The van der Waals surface area contributed by atoms with E-state index in [0.717, 1.165) is 17.3 Å². The molecule has 110 valence electrons. The van der Waals surface area contributed by atoms with Gasteiger partial charge in [0.1, 0.15) is 0 Å². The molecule has 0 bridgehead atoms. The standard InChI is InChI=1S/C19H24N2/c1-15-18(13-8-14-20-15)21-19(16-9-4-2-5-10-16)17-11-6-3-7-12-17/h2,4-5,8-10,13-14,17,19,21H,3,6-7,11-12H2,1H3. The molecule has 0 aliphatic heterocycles. The van der Waals surface area contributed by atoms with Crippen LogP contribution in [0.5, 0.6) is 0 Å². The summed E-state index contributed by atoms with van der Waals surface area (Å²) in [7, 11) is 0. The van der Waals surface area contributed by atoms with Gasteiger partial charge in [0, 0.05) is 6.20 Å². The van der Waals surface area contributed by atoms with E-state index in [1.165, 1.54) is 37.7 Å². The van der Waals surface area contributed by atoms with E-state index in [2.05, 4.69) is 53.6 Å². The monoisotopic (exact) mass is 280 g/mol. The van der Waals surface area contributed by atoms with Crippen LogP contribution < -0.4 is 5.32 Å². The molecule has 0 spiro atoms. The second-order valence-electron chi connectivity index (χ2n) is 6.07. The van der Waals surface area contributed by atoms with Gasteiger partial charge >= 0.3 is 0 Å². The highest BCUT2D eigenvalue weighted by Gasteiger charge is 2.25. The molecular formula is C19H24N2. The van der Waals surface area contributed by atoms with Crippen molar-refractivity contribution in [3.8, 4) is 0 Å². The maximum atomic E-state index is 4.41. The number of aromatic nitrogens is 1. The quantitative estimate of drug-likeness (QED) is 0.840. The fourth-order valence-corrected chi connectivity index (χ4v) is 3.41. The molecule has 1 fully saturated rings. The highest BCUT2D eigenvalue weighted by Crippen LogP contribution is 2.36. The molecule has 2 nitrogen and oxygen atoms in total. The van der Waals surface area contributed by atoms with Gasteiger partial charge in [0.05, 0.1) is 17.4 Å². The molecule has 1 aliphatic carbocycles. The summed E-state index contributed by atoms with van der Waals surface area (Å²) in [5.74, 6) is 0.723. The second kappa shape index (κ2) is 6.75. The number of hydrogen-bond donors (Lipinski definition) is 1. The van der Waals surface area contributed by atoms with E-state index >= 15 is 0 Å². The van der Waals surface area contributed by atoms with E-state index in [-0.39, 0.29) is 0 Å². The molecule has 1 aliphatic rings. The van der Waals surface area contributed by atoms with Crippen LogP contribution in [0.2, 0.25) is 0 Å². The Morgan fingerprint density at radius 1 is 1.00 bits per heavy atom. The van der Waals surface area contributed by atoms with Crippen molar-refractivity contribution in [3.63, 3.8) is 0 Å². The topological polar surface area (TPSA) is 24.9 Å². The van der Waals surface area contributed by atoms with Crippen molar-refractivity contribution in [1.82, 2.24) is 4.98 Å². The van der Waals surface area contributed by atoms with Gasteiger partial charge in [0.2, 0.25) is 0 Å². The van der Waals surface area contributed by atoms with Crippen LogP contribution in [0.25, 0.3) is 0 Å². The van der Waals surface area contributed by atoms with E-state index in [0.29, 0.717) is 6.04 Å². The molecule has 1 unspecified atom stereocenters.